The molecule has 0 unspecified atom stereocenters. The Hall–Kier alpha value is -2.84. The molecule has 0 saturated carbocycles. The molecule has 0 radical (unpaired) electrons. The maximum Gasteiger partial charge on any atom is 0.252 e. The van der Waals surface area contributed by atoms with Crippen LogP contribution < -0.4 is 16.6 Å². The molecule has 0 aliphatic carbocycles. The molecule has 1 aromatic carbocycles. The Morgan fingerprint density at radius 3 is 2.68 bits per heavy atom. The van der Waals surface area contributed by atoms with Crippen LogP contribution in [0.2, 0.25) is 5.02 Å². The zero-order valence-corrected chi connectivity index (χ0v) is 18.4. The predicted molar refractivity (Wildman–Crippen MR) is 121 cm³/mol. The molecule has 2 aromatic rings. The van der Waals surface area contributed by atoms with E-state index in [1.165, 1.54) is 10.6 Å². The highest BCUT2D eigenvalue weighted by atomic mass is 35.5. The Balaban J connectivity index is 1.65. The average Bonchev–Trinajstić information content (AvgIpc) is 2.72. The molecule has 0 bridgehead atoms. The van der Waals surface area contributed by atoms with Crippen LogP contribution in [0.15, 0.2) is 46.3 Å². The van der Waals surface area contributed by atoms with Gasteiger partial charge in [0.2, 0.25) is 5.91 Å². The van der Waals surface area contributed by atoms with Gasteiger partial charge in [0.15, 0.2) is 5.96 Å². The summed E-state index contributed by atoms with van der Waals surface area (Å²) in [7, 11) is 1.69. The number of hydrogen-bond acceptors (Lipinski definition) is 6. The van der Waals surface area contributed by atoms with Gasteiger partial charge in [-0.3, -0.25) is 14.5 Å². The Morgan fingerprint density at radius 2 is 2.00 bits per heavy atom. The Kier molecular flexibility index (Phi) is 5.77. The van der Waals surface area contributed by atoms with Gasteiger partial charge >= 0.3 is 0 Å². The van der Waals surface area contributed by atoms with E-state index in [1.54, 1.807) is 24.2 Å². The fourth-order valence-corrected chi connectivity index (χ4v) is 4.55. The normalized spacial score (nSPS) is 22.4. The monoisotopic (exact) mass is 443 g/mol. The van der Waals surface area contributed by atoms with Crippen LogP contribution in [0.5, 0.6) is 0 Å². The number of nitrogens with one attached hydrogen (secondary N) is 1. The van der Waals surface area contributed by atoms with Crippen LogP contribution in [0.1, 0.15) is 31.7 Å². The molecular formula is C22H26ClN5O3. The van der Waals surface area contributed by atoms with E-state index in [1.807, 2.05) is 25.1 Å². The fraction of sp³-hybridized carbons (Fsp3) is 0.409. The number of pyridine rings is 1. The minimum atomic E-state index is -0.884. The third kappa shape index (κ3) is 4.18. The highest BCUT2D eigenvalue weighted by Gasteiger charge is 2.41. The number of aryl methyl sites for hydroxylation is 1. The van der Waals surface area contributed by atoms with Crippen LogP contribution in [0, 0.1) is 0 Å². The number of guanidine groups is 1. The molecule has 8 nitrogen and oxygen atoms in total. The van der Waals surface area contributed by atoms with Gasteiger partial charge in [0.05, 0.1) is 22.7 Å². The molecule has 0 spiro atoms. The zero-order chi connectivity index (χ0) is 22.2. The molecule has 1 saturated heterocycles. The van der Waals surface area contributed by atoms with Crippen molar-refractivity contribution in [1.29, 1.82) is 0 Å². The molecule has 9 heteroatoms. The van der Waals surface area contributed by atoms with E-state index < -0.39 is 5.54 Å². The first-order chi connectivity index (χ1) is 14.8. The van der Waals surface area contributed by atoms with E-state index in [2.05, 4.69) is 5.32 Å². The van der Waals surface area contributed by atoms with Gasteiger partial charge in [0, 0.05) is 49.8 Å². The molecule has 2 aliphatic rings. The second kappa shape index (κ2) is 8.36. The highest BCUT2D eigenvalue weighted by Crippen LogP contribution is 2.41. The van der Waals surface area contributed by atoms with Gasteiger partial charge in [-0.05, 0) is 31.9 Å². The summed E-state index contributed by atoms with van der Waals surface area (Å²) < 4.78 is 6.88. The smallest absolute Gasteiger partial charge is 0.252 e. The maximum absolute atomic E-state index is 13.1. The molecule has 1 atom stereocenters. The Morgan fingerprint density at radius 1 is 1.26 bits per heavy atom. The van der Waals surface area contributed by atoms with Crippen molar-refractivity contribution in [3.05, 3.63) is 57.5 Å². The summed E-state index contributed by atoms with van der Waals surface area (Å²) in [5.41, 5.74) is 7.21. The lowest BCUT2D eigenvalue weighted by Crippen LogP contribution is -2.55. The molecule has 3 heterocycles. The van der Waals surface area contributed by atoms with E-state index in [9.17, 15) is 9.59 Å². The quantitative estimate of drug-likeness (QED) is 0.756. The summed E-state index contributed by atoms with van der Waals surface area (Å²) in [6.07, 6.45) is 3.34. The third-order valence-electron chi connectivity index (χ3n) is 5.89. The third-order valence-corrected chi connectivity index (χ3v) is 6.30. The molecular weight excluding hydrogens is 418 g/mol. The first-order valence-corrected chi connectivity index (χ1v) is 10.6. The number of nitrogens with two attached hydrogens (primary N) is 1. The van der Waals surface area contributed by atoms with E-state index in [-0.39, 0.29) is 29.9 Å². The number of benzene rings is 1. The van der Waals surface area contributed by atoms with Crippen LogP contribution in [-0.2, 0) is 22.1 Å². The lowest BCUT2D eigenvalue weighted by Gasteiger charge is -2.40. The first-order valence-electron chi connectivity index (χ1n) is 10.3. The minimum absolute atomic E-state index is 0.0127. The van der Waals surface area contributed by atoms with Crippen LogP contribution in [0.3, 0.4) is 0 Å². The number of nitrogens with zero attached hydrogens (tertiary/aromatic N) is 3. The van der Waals surface area contributed by atoms with E-state index in [4.69, 9.17) is 27.1 Å². The maximum atomic E-state index is 13.1. The standard InChI is InChI=1S/C22H26ClN5O3/c1-22(13-19(30)28(21(24)26-22)15-7-10-31-11-8-15)16-4-3-5-17(20(16)23)25-14-6-9-27(2)18(29)12-14/h3-6,9,12,15,25H,7-8,10-11,13H2,1-2H3,(H2,24,26)/t22-/m0/s1. The van der Waals surface area contributed by atoms with Crippen molar-refractivity contribution in [1.82, 2.24) is 9.47 Å². The van der Waals surface area contributed by atoms with Crippen molar-refractivity contribution in [3.63, 3.8) is 0 Å². The van der Waals surface area contributed by atoms with Crippen molar-refractivity contribution in [2.45, 2.75) is 37.8 Å². The summed E-state index contributed by atoms with van der Waals surface area (Å²) in [4.78, 5) is 31.3. The van der Waals surface area contributed by atoms with E-state index in [0.29, 0.717) is 35.2 Å². The van der Waals surface area contributed by atoms with Crippen molar-refractivity contribution < 1.29 is 9.53 Å². The van der Waals surface area contributed by atoms with Gasteiger partial charge in [-0.25, -0.2) is 4.99 Å². The SMILES string of the molecule is Cn1ccc(Nc2cccc([C@]3(C)CC(=O)N(C4CCOCC4)C(N)=N3)c2Cl)cc1=O. The topological polar surface area (TPSA) is 102 Å². The molecule has 1 fully saturated rings. The fourth-order valence-electron chi connectivity index (χ4n) is 4.17. The second-order valence-corrected chi connectivity index (χ2v) is 8.56. The molecule has 4 rings (SSSR count). The van der Waals surface area contributed by atoms with Crippen molar-refractivity contribution in [2.24, 2.45) is 17.8 Å². The minimum Gasteiger partial charge on any atom is -0.381 e. The van der Waals surface area contributed by atoms with Gasteiger partial charge in [-0.15, -0.1) is 0 Å². The Labute approximate surface area is 185 Å². The van der Waals surface area contributed by atoms with Crippen molar-refractivity contribution in [2.75, 3.05) is 18.5 Å². The lowest BCUT2D eigenvalue weighted by molar-refractivity contribution is -0.132. The lowest BCUT2D eigenvalue weighted by atomic mass is 9.86. The molecule has 31 heavy (non-hydrogen) atoms. The summed E-state index contributed by atoms with van der Waals surface area (Å²) in [6.45, 7) is 3.09. The number of aromatic nitrogens is 1. The number of aliphatic imine (C=N–C) groups is 1. The van der Waals surface area contributed by atoms with Gasteiger partial charge in [-0.1, -0.05) is 23.7 Å². The molecule has 2 aliphatic heterocycles. The molecule has 1 aromatic heterocycles. The number of carbonyl (C=O) groups is 1. The number of hydrogen-bond donors (Lipinski definition) is 2. The Bertz CT molecular complexity index is 1090. The van der Waals surface area contributed by atoms with Crippen LogP contribution in [-0.4, -0.2) is 40.6 Å². The van der Waals surface area contributed by atoms with Crippen LogP contribution in [0.25, 0.3) is 0 Å². The van der Waals surface area contributed by atoms with E-state index >= 15 is 0 Å². The zero-order valence-electron chi connectivity index (χ0n) is 17.6. The molecule has 3 N–H and O–H groups in total. The van der Waals surface area contributed by atoms with Gasteiger partial charge in [0.1, 0.15) is 0 Å². The number of ether oxygens (including phenoxy) is 1. The number of anilines is 2. The number of rotatable bonds is 4. The number of halogens is 1. The van der Waals surface area contributed by atoms with Crippen molar-refractivity contribution in [3.8, 4) is 0 Å². The largest absolute Gasteiger partial charge is 0.381 e. The number of carbonyl (C=O) groups excluding carboxylic acids is 1. The summed E-state index contributed by atoms with van der Waals surface area (Å²) in [5.74, 6) is 0.148. The van der Waals surface area contributed by atoms with Crippen LogP contribution in [0.4, 0.5) is 11.4 Å². The number of amides is 1. The van der Waals surface area contributed by atoms with Gasteiger partial charge < -0.3 is 20.4 Å². The average molecular weight is 444 g/mol. The molecule has 1 amide bonds. The second-order valence-electron chi connectivity index (χ2n) is 8.18. The first kappa shape index (κ1) is 21.4. The van der Waals surface area contributed by atoms with Crippen LogP contribution >= 0.6 is 11.6 Å². The highest BCUT2D eigenvalue weighted by molar-refractivity contribution is 6.34. The summed E-state index contributed by atoms with van der Waals surface area (Å²) in [6, 6.07) is 8.81. The van der Waals surface area contributed by atoms with Crippen molar-refractivity contribution >= 4 is 34.8 Å². The summed E-state index contributed by atoms with van der Waals surface area (Å²) in [5, 5.41) is 3.63. The van der Waals surface area contributed by atoms with Gasteiger partial charge in [0.25, 0.3) is 5.56 Å². The summed E-state index contributed by atoms with van der Waals surface area (Å²) >= 11 is 6.74. The van der Waals surface area contributed by atoms with Gasteiger partial charge in [-0.2, -0.15) is 0 Å². The predicted octanol–water partition coefficient (Wildman–Crippen LogP) is 2.72. The molecule has 164 valence electrons. The van der Waals surface area contributed by atoms with E-state index in [0.717, 1.165) is 12.8 Å².